The van der Waals surface area contributed by atoms with Gasteiger partial charge in [0, 0.05) is 31.6 Å². The van der Waals surface area contributed by atoms with Crippen molar-refractivity contribution in [3.05, 3.63) is 53.1 Å². The molecule has 5 N–H and O–H groups in total. The Labute approximate surface area is 224 Å². The number of sulfonamides is 1. The molecule has 0 spiro atoms. The van der Waals surface area contributed by atoms with Crippen molar-refractivity contribution in [2.24, 2.45) is 17.6 Å². The SMILES string of the molecule is NCCNc1nc(NC[C@H]2CC[C@H](CNS(=O)(=O)c3cc(C(F)(F)F)ccc3Cl)CC2)nc2ccccc12. The van der Waals surface area contributed by atoms with Gasteiger partial charge in [0.1, 0.15) is 10.7 Å². The average molecular weight is 571 g/mol. The van der Waals surface area contributed by atoms with Crippen molar-refractivity contribution in [2.45, 2.75) is 36.8 Å². The zero-order valence-electron chi connectivity index (χ0n) is 20.6. The van der Waals surface area contributed by atoms with Gasteiger partial charge in [-0.3, -0.25) is 0 Å². The Hall–Kier alpha value is -2.67. The van der Waals surface area contributed by atoms with Crippen molar-refractivity contribution < 1.29 is 21.6 Å². The van der Waals surface area contributed by atoms with Crippen LogP contribution in [-0.4, -0.2) is 44.6 Å². The van der Waals surface area contributed by atoms with Gasteiger partial charge in [-0.25, -0.2) is 18.1 Å². The molecule has 1 aliphatic carbocycles. The van der Waals surface area contributed by atoms with Crippen molar-refractivity contribution in [1.29, 1.82) is 0 Å². The monoisotopic (exact) mass is 570 g/mol. The zero-order chi connectivity index (χ0) is 27.3. The number of anilines is 2. The minimum Gasteiger partial charge on any atom is -0.368 e. The lowest BCUT2D eigenvalue weighted by atomic mass is 9.82. The van der Waals surface area contributed by atoms with Crippen molar-refractivity contribution in [3.8, 4) is 0 Å². The molecule has 13 heteroatoms. The molecule has 1 saturated carbocycles. The highest BCUT2D eigenvalue weighted by atomic mass is 35.5. The molecule has 1 aromatic heterocycles. The third-order valence-electron chi connectivity index (χ3n) is 6.67. The Balaban J connectivity index is 1.30. The van der Waals surface area contributed by atoms with Crippen molar-refractivity contribution in [3.63, 3.8) is 0 Å². The highest BCUT2D eigenvalue weighted by Crippen LogP contribution is 2.34. The van der Waals surface area contributed by atoms with Crippen molar-refractivity contribution in [2.75, 3.05) is 36.8 Å². The third-order valence-corrected chi connectivity index (χ3v) is 8.57. The molecule has 0 atom stereocenters. The molecule has 4 rings (SSSR count). The maximum atomic E-state index is 13.0. The van der Waals surface area contributed by atoms with Gasteiger partial charge in [-0.1, -0.05) is 23.7 Å². The number of halogens is 4. The molecule has 38 heavy (non-hydrogen) atoms. The Kier molecular flexibility index (Phi) is 8.96. The predicted octanol–water partition coefficient (Wildman–Crippen LogP) is 4.87. The summed E-state index contributed by atoms with van der Waals surface area (Å²) >= 11 is 5.91. The van der Waals surface area contributed by atoms with Gasteiger partial charge in [0.2, 0.25) is 16.0 Å². The fourth-order valence-electron chi connectivity index (χ4n) is 4.55. The molecule has 0 saturated heterocycles. The van der Waals surface area contributed by atoms with E-state index in [1.54, 1.807) is 0 Å². The maximum Gasteiger partial charge on any atom is 0.416 e. The minimum absolute atomic E-state index is 0.0783. The van der Waals surface area contributed by atoms with Gasteiger partial charge in [-0.2, -0.15) is 18.2 Å². The van der Waals surface area contributed by atoms with Crippen LogP contribution < -0.4 is 21.1 Å². The van der Waals surface area contributed by atoms with Gasteiger partial charge in [-0.15, -0.1) is 0 Å². The Morgan fingerprint density at radius 2 is 1.66 bits per heavy atom. The summed E-state index contributed by atoms with van der Waals surface area (Å²) in [6.07, 6.45) is -1.35. The highest BCUT2D eigenvalue weighted by Gasteiger charge is 2.33. The summed E-state index contributed by atoms with van der Waals surface area (Å²) in [5.41, 5.74) is 5.38. The summed E-state index contributed by atoms with van der Waals surface area (Å²) in [5, 5.41) is 7.23. The zero-order valence-corrected chi connectivity index (χ0v) is 22.1. The first kappa shape index (κ1) is 28.3. The first-order valence-electron chi connectivity index (χ1n) is 12.4. The average Bonchev–Trinajstić information content (AvgIpc) is 2.89. The number of benzene rings is 2. The van der Waals surface area contributed by atoms with Crippen LogP contribution in [0.2, 0.25) is 5.02 Å². The molecule has 206 valence electrons. The second-order valence-corrected chi connectivity index (χ2v) is 11.5. The van der Waals surface area contributed by atoms with Crippen LogP contribution in [0, 0.1) is 11.8 Å². The topological polar surface area (TPSA) is 122 Å². The van der Waals surface area contributed by atoms with E-state index in [4.69, 9.17) is 17.3 Å². The van der Waals surface area contributed by atoms with E-state index in [1.807, 2.05) is 24.3 Å². The molecule has 2 aromatic carbocycles. The van der Waals surface area contributed by atoms with Crippen LogP contribution in [0.1, 0.15) is 31.2 Å². The highest BCUT2D eigenvalue weighted by molar-refractivity contribution is 7.89. The summed E-state index contributed by atoms with van der Waals surface area (Å²) in [6, 6.07) is 10.0. The molecule has 0 aliphatic heterocycles. The number of alkyl halides is 3. The van der Waals surface area contributed by atoms with Crippen LogP contribution in [0.4, 0.5) is 24.9 Å². The van der Waals surface area contributed by atoms with E-state index in [2.05, 4.69) is 25.3 Å². The molecular weight excluding hydrogens is 541 g/mol. The number of rotatable bonds is 10. The number of nitrogens with zero attached hydrogens (tertiary/aromatic N) is 2. The molecule has 0 amide bonds. The third kappa shape index (κ3) is 7.04. The van der Waals surface area contributed by atoms with E-state index < -0.39 is 26.7 Å². The van der Waals surface area contributed by atoms with Crippen LogP contribution in [0.5, 0.6) is 0 Å². The molecule has 0 bridgehead atoms. The quantitative estimate of drug-likeness (QED) is 0.274. The molecule has 0 unspecified atom stereocenters. The molecule has 8 nitrogen and oxygen atoms in total. The first-order chi connectivity index (χ1) is 18.1. The van der Waals surface area contributed by atoms with Crippen LogP contribution in [-0.2, 0) is 16.2 Å². The van der Waals surface area contributed by atoms with Gasteiger partial charge in [0.25, 0.3) is 0 Å². The Morgan fingerprint density at radius 3 is 2.34 bits per heavy atom. The summed E-state index contributed by atoms with van der Waals surface area (Å²) < 4.78 is 66.9. The second kappa shape index (κ2) is 12.0. The van der Waals surface area contributed by atoms with E-state index in [9.17, 15) is 21.6 Å². The van der Waals surface area contributed by atoms with Gasteiger partial charge >= 0.3 is 6.18 Å². The summed E-state index contributed by atoms with van der Waals surface area (Å²) in [5.74, 6) is 1.68. The molecule has 3 aromatic rings. The van der Waals surface area contributed by atoms with Gasteiger partial charge in [-0.05, 0) is 67.9 Å². The van der Waals surface area contributed by atoms with E-state index in [0.29, 0.717) is 37.6 Å². The summed E-state index contributed by atoms with van der Waals surface area (Å²) in [6.45, 7) is 1.88. The molecule has 1 fully saturated rings. The lowest BCUT2D eigenvalue weighted by molar-refractivity contribution is -0.137. The Morgan fingerprint density at radius 1 is 0.974 bits per heavy atom. The number of hydrogen-bond donors (Lipinski definition) is 4. The first-order valence-corrected chi connectivity index (χ1v) is 14.2. The minimum atomic E-state index is -4.66. The van der Waals surface area contributed by atoms with Gasteiger partial charge in [0.05, 0.1) is 16.1 Å². The Bertz CT molecular complexity index is 1360. The van der Waals surface area contributed by atoms with E-state index in [1.165, 1.54) is 0 Å². The van der Waals surface area contributed by atoms with Crippen molar-refractivity contribution in [1.82, 2.24) is 14.7 Å². The van der Waals surface area contributed by atoms with Crippen LogP contribution in [0.3, 0.4) is 0 Å². The standard InChI is InChI=1S/C25H30ClF3N6O2S/c26-20-10-9-18(25(27,28)29)13-22(20)38(36,37)33-15-17-7-5-16(6-8-17)14-32-24-34-21-4-2-1-3-19(21)23(35-24)31-12-11-30/h1-4,9-10,13,16-17,33H,5-8,11-12,14-15,30H2,(H2,31,32,34,35)/t16-,17-. The molecule has 0 radical (unpaired) electrons. The fraction of sp³-hybridized carbons (Fsp3) is 0.440. The number of fused-ring (bicyclic) bond motifs is 1. The second-order valence-electron chi connectivity index (χ2n) is 9.39. The lowest BCUT2D eigenvalue weighted by Crippen LogP contribution is -2.32. The van der Waals surface area contributed by atoms with Crippen molar-refractivity contribution >= 4 is 44.3 Å². The molecule has 1 heterocycles. The largest absolute Gasteiger partial charge is 0.416 e. The fourth-order valence-corrected chi connectivity index (χ4v) is 6.19. The normalized spacial score (nSPS) is 18.4. The van der Waals surface area contributed by atoms with Crippen LogP contribution in [0.15, 0.2) is 47.4 Å². The van der Waals surface area contributed by atoms with E-state index in [-0.39, 0.29) is 17.5 Å². The molecule has 1 aliphatic rings. The van der Waals surface area contributed by atoms with Crippen LogP contribution in [0.25, 0.3) is 10.9 Å². The van der Waals surface area contributed by atoms with Crippen LogP contribution >= 0.6 is 11.6 Å². The van der Waals surface area contributed by atoms with Gasteiger partial charge in [0.15, 0.2) is 0 Å². The van der Waals surface area contributed by atoms with Gasteiger partial charge < -0.3 is 16.4 Å². The number of hydrogen-bond acceptors (Lipinski definition) is 7. The van der Waals surface area contributed by atoms with E-state index in [0.717, 1.165) is 54.5 Å². The number of aromatic nitrogens is 2. The smallest absolute Gasteiger partial charge is 0.368 e. The maximum absolute atomic E-state index is 13.0. The summed E-state index contributed by atoms with van der Waals surface area (Å²) in [4.78, 5) is 8.64. The number of nitrogens with one attached hydrogen (secondary N) is 3. The van der Waals surface area contributed by atoms with E-state index >= 15 is 0 Å². The predicted molar refractivity (Wildman–Crippen MR) is 143 cm³/mol. The summed E-state index contributed by atoms with van der Waals surface area (Å²) in [7, 11) is -4.19. The number of nitrogens with two attached hydrogens (primary N) is 1. The number of para-hydroxylation sites is 1. The lowest BCUT2D eigenvalue weighted by Gasteiger charge is -2.28. The molecular formula is C25H30ClF3N6O2S.